The van der Waals surface area contributed by atoms with E-state index in [1.807, 2.05) is 16.8 Å². The van der Waals surface area contributed by atoms with Gasteiger partial charge in [0.2, 0.25) is 0 Å². The molecule has 1 saturated heterocycles. The van der Waals surface area contributed by atoms with E-state index in [-0.39, 0.29) is 5.54 Å². The molecular weight excluding hydrogens is 316 g/mol. The van der Waals surface area contributed by atoms with E-state index >= 15 is 0 Å². The van der Waals surface area contributed by atoms with E-state index in [9.17, 15) is 0 Å². The van der Waals surface area contributed by atoms with Gasteiger partial charge in [0.05, 0.1) is 26.3 Å². The van der Waals surface area contributed by atoms with Gasteiger partial charge in [0.1, 0.15) is 23.7 Å². The Morgan fingerprint density at radius 3 is 2.68 bits per heavy atom. The third-order valence-corrected chi connectivity index (χ3v) is 4.76. The molecule has 1 aromatic carbocycles. The third kappa shape index (κ3) is 3.63. The Bertz CT molecular complexity index is 720. The quantitative estimate of drug-likeness (QED) is 0.832. The number of aromatic nitrogens is 3. The summed E-state index contributed by atoms with van der Waals surface area (Å²) in [5.41, 5.74) is 1.11. The summed E-state index contributed by atoms with van der Waals surface area (Å²) in [4.78, 5) is 6.97. The Morgan fingerprint density at radius 2 is 2.00 bits per heavy atom. The highest BCUT2D eigenvalue weighted by Gasteiger charge is 2.30. The van der Waals surface area contributed by atoms with Gasteiger partial charge >= 0.3 is 0 Å². The van der Waals surface area contributed by atoms with Crippen LogP contribution in [0, 0.1) is 0 Å². The van der Waals surface area contributed by atoms with Crippen molar-refractivity contribution >= 4 is 0 Å². The second-order valence-electron chi connectivity index (χ2n) is 7.50. The Labute approximate surface area is 149 Å². The number of rotatable bonds is 5. The highest BCUT2D eigenvalue weighted by molar-refractivity contribution is 5.42. The lowest BCUT2D eigenvalue weighted by atomic mass is 10.0. The van der Waals surface area contributed by atoms with Crippen molar-refractivity contribution in [3.63, 3.8) is 0 Å². The zero-order valence-corrected chi connectivity index (χ0v) is 15.8. The van der Waals surface area contributed by atoms with Crippen molar-refractivity contribution in [2.24, 2.45) is 0 Å². The van der Waals surface area contributed by atoms with E-state index < -0.39 is 0 Å². The molecule has 6 nitrogen and oxygen atoms in total. The number of methoxy groups -OCH3 is 2. The molecule has 0 bridgehead atoms. The topological polar surface area (TPSA) is 52.4 Å². The first-order chi connectivity index (χ1) is 11.9. The van der Waals surface area contributed by atoms with E-state index in [1.165, 1.54) is 5.56 Å². The number of hydrogen-bond donors (Lipinski definition) is 0. The molecule has 0 aliphatic carbocycles. The van der Waals surface area contributed by atoms with Gasteiger partial charge in [-0.05, 0) is 58.4 Å². The van der Waals surface area contributed by atoms with Gasteiger partial charge in [-0.15, -0.1) is 0 Å². The number of likely N-dealkylation sites (tertiary alicyclic amines) is 1. The van der Waals surface area contributed by atoms with Crippen LogP contribution in [-0.4, -0.2) is 40.4 Å². The fourth-order valence-electron chi connectivity index (χ4n) is 3.58. The van der Waals surface area contributed by atoms with Crippen LogP contribution in [0.4, 0.5) is 0 Å². The van der Waals surface area contributed by atoms with Gasteiger partial charge in [-0.3, -0.25) is 4.90 Å². The normalized spacial score (nSPS) is 18.5. The van der Waals surface area contributed by atoms with Crippen LogP contribution in [0.1, 0.15) is 51.0 Å². The van der Waals surface area contributed by atoms with Crippen molar-refractivity contribution in [1.29, 1.82) is 0 Å². The SMILES string of the molecule is COc1ccc(OC)c([C@H]2CCCN2Cc2ncnn2C(C)(C)C)c1. The molecule has 2 aromatic rings. The van der Waals surface area contributed by atoms with E-state index in [1.54, 1.807) is 20.5 Å². The molecule has 136 valence electrons. The summed E-state index contributed by atoms with van der Waals surface area (Å²) in [6.07, 6.45) is 3.92. The first kappa shape index (κ1) is 17.7. The van der Waals surface area contributed by atoms with Gasteiger partial charge < -0.3 is 9.47 Å². The molecule has 1 fully saturated rings. The van der Waals surface area contributed by atoms with Crippen molar-refractivity contribution in [3.8, 4) is 11.5 Å². The molecule has 1 aliphatic heterocycles. The van der Waals surface area contributed by atoms with E-state index in [0.29, 0.717) is 6.04 Å². The fraction of sp³-hybridized carbons (Fsp3) is 0.579. The van der Waals surface area contributed by atoms with Gasteiger partial charge in [0.15, 0.2) is 0 Å². The smallest absolute Gasteiger partial charge is 0.141 e. The van der Waals surface area contributed by atoms with Crippen LogP contribution in [-0.2, 0) is 12.1 Å². The maximum atomic E-state index is 5.60. The maximum Gasteiger partial charge on any atom is 0.141 e. The Hall–Kier alpha value is -2.08. The third-order valence-electron chi connectivity index (χ3n) is 4.76. The first-order valence-electron chi connectivity index (χ1n) is 8.79. The van der Waals surface area contributed by atoms with Crippen LogP contribution in [0.25, 0.3) is 0 Å². The molecule has 25 heavy (non-hydrogen) atoms. The van der Waals surface area contributed by atoms with Gasteiger partial charge in [0, 0.05) is 11.6 Å². The molecule has 0 radical (unpaired) electrons. The Kier molecular flexibility index (Phi) is 4.99. The molecule has 0 unspecified atom stereocenters. The predicted octanol–water partition coefficient (Wildman–Crippen LogP) is 3.39. The van der Waals surface area contributed by atoms with Crippen LogP contribution in [0.3, 0.4) is 0 Å². The zero-order chi connectivity index (χ0) is 18.0. The highest BCUT2D eigenvalue weighted by Crippen LogP contribution is 2.39. The summed E-state index contributed by atoms with van der Waals surface area (Å²) < 4.78 is 13.0. The number of nitrogens with zero attached hydrogens (tertiary/aromatic N) is 4. The number of benzene rings is 1. The second kappa shape index (κ2) is 7.04. The summed E-state index contributed by atoms with van der Waals surface area (Å²) in [7, 11) is 3.42. The zero-order valence-electron chi connectivity index (χ0n) is 15.8. The molecule has 3 rings (SSSR count). The number of ether oxygens (including phenoxy) is 2. The summed E-state index contributed by atoms with van der Waals surface area (Å²) in [5.74, 6) is 2.77. The summed E-state index contributed by atoms with van der Waals surface area (Å²) >= 11 is 0. The van der Waals surface area contributed by atoms with E-state index in [4.69, 9.17) is 9.47 Å². The standard InChI is InChI=1S/C19H28N4O2/c1-19(2,3)23-18(20-13-21-23)12-22-10-6-7-16(22)15-11-14(24-4)8-9-17(15)25-5/h8-9,11,13,16H,6-7,10,12H2,1-5H3/t16-/m1/s1. The molecule has 0 saturated carbocycles. The predicted molar refractivity (Wildman–Crippen MR) is 96.9 cm³/mol. The monoisotopic (exact) mass is 344 g/mol. The van der Waals surface area contributed by atoms with Crippen LogP contribution in [0.15, 0.2) is 24.5 Å². The molecule has 0 spiro atoms. The van der Waals surface area contributed by atoms with Crippen molar-refractivity contribution in [3.05, 3.63) is 35.9 Å². The van der Waals surface area contributed by atoms with Crippen molar-refractivity contribution < 1.29 is 9.47 Å². The number of hydrogen-bond acceptors (Lipinski definition) is 5. The lowest BCUT2D eigenvalue weighted by Crippen LogP contribution is -2.30. The van der Waals surface area contributed by atoms with Crippen LogP contribution >= 0.6 is 0 Å². The molecule has 2 heterocycles. The van der Waals surface area contributed by atoms with Gasteiger partial charge in [-0.25, -0.2) is 9.67 Å². The molecule has 1 aromatic heterocycles. The molecule has 0 N–H and O–H groups in total. The van der Waals surface area contributed by atoms with Gasteiger partial charge in [0.25, 0.3) is 0 Å². The minimum Gasteiger partial charge on any atom is -0.497 e. The van der Waals surface area contributed by atoms with E-state index in [0.717, 1.165) is 43.3 Å². The van der Waals surface area contributed by atoms with Crippen LogP contribution in [0.5, 0.6) is 11.5 Å². The Morgan fingerprint density at radius 1 is 1.20 bits per heavy atom. The fourth-order valence-corrected chi connectivity index (χ4v) is 3.58. The largest absolute Gasteiger partial charge is 0.497 e. The minimum absolute atomic E-state index is 0.0747. The lowest BCUT2D eigenvalue weighted by Gasteiger charge is -2.28. The molecule has 6 heteroatoms. The van der Waals surface area contributed by atoms with Crippen molar-refractivity contribution in [2.45, 2.75) is 51.7 Å². The van der Waals surface area contributed by atoms with Crippen molar-refractivity contribution in [1.82, 2.24) is 19.7 Å². The summed E-state index contributed by atoms with van der Waals surface area (Å²) in [5, 5.41) is 4.42. The molecule has 1 aliphatic rings. The highest BCUT2D eigenvalue weighted by atomic mass is 16.5. The molecule has 1 atom stereocenters. The van der Waals surface area contributed by atoms with Crippen LogP contribution in [0.2, 0.25) is 0 Å². The lowest BCUT2D eigenvalue weighted by molar-refractivity contribution is 0.221. The summed E-state index contributed by atoms with van der Waals surface area (Å²) in [6.45, 7) is 8.28. The summed E-state index contributed by atoms with van der Waals surface area (Å²) in [6, 6.07) is 6.33. The van der Waals surface area contributed by atoms with Gasteiger partial charge in [-0.1, -0.05) is 0 Å². The van der Waals surface area contributed by atoms with Gasteiger partial charge in [-0.2, -0.15) is 5.10 Å². The average Bonchev–Trinajstić information content (AvgIpc) is 3.23. The Balaban J connectivity index is 1.88. The molecular formula is C19H28N4O2. The first-order valence-corrected chi connectivity index (χ1v) is 8.79. The van der Waals surface area contributed by atoms with Crippen molar-refractivity contribution in [2.75, 3.05) is 20.8 Å². The van der Waals surface area contributed by atoms with Crippen LogP contribution < -0.4 is 9.47 Å². The average molecular weight is 344 g/mol. The second-order valence-corrected chi connectivity index (χ2v) is 7.50. The minimum atomic E-state index is -0.0747. The maximum absolute atomic E-state index is 5.60. The molecule has 0 amide bonds. The van der Waals surface area contributed by atoms with E-state index in [2.05, 4.69) is 41.8 Å².